The van der Waals surface area contributed by atoms with Crippen molar-refractivity contribution < 1.29 is 9.53 Å². The Morgan fingerprint density at radius 1 is 1.50 bits per heavy atom. The molecule has 0 bridgehead atoms. The minimum absolute atomic E-state index is 0.0753. The first kappa shape index (κ1) is 15.3. The highest BCUT2D eigenvalue weighted by Gasteiger charge is 2.46. The maximum absolute atomic E-state index is 12.8. The highest BCUT2D eigenvalue weighted by molar-refractivity contribution is 5.83. The smallest absolute Gasteiger partial charge is 0.226 e. The number of morpholine rings is 1. The molecular formula is C17H21N5O2. The average Bonchev–Trinajstić information content (AvgIpc) is 3.30. The second-order valence-electron chi connectivity index (χ2n) is 6.37. The van der Waals surface area contributed by atoms with Gasteiger partial charge in [0.2, 0.25) is 5.91 Å². The van der Waals surface area contributed by atoms with Gasteiger partial charge in [-0.2, -0.15) is 5.10 Å². The molecule has 2 aromatic rings. The molecule has 1 aliphatic carbocycles. The minimum Gasteiger partial charge on any atom is -0.366 e. The van der Waals surface area contributed by atoms with Crippen LogP contribution in [0.5, 0.6) is 0 Å². The van der Waals surface area contributed by atoms with Gasteiger partial charge >= 0.3 is 0 Å². The van der Waals surface area contributed by atoms with E-state index in [-0.39, 0.29) is 17.9 Å². The summed E-state index contributed by atoms with van der Waals surface area (Å²) in [5.74, 6) is 2.08. The third kappa shape index (κ3) is 2.91. The number of pyridine rings is 1. The fourth-order valence-corrected chi connectivity index (χ4v) is 3.28. The van der Waals surface area contributed by atoms with Crippen LogP contribution in [0.2, 0.25) is 0 Å². The Morgan fingerprint density at radius 3 is 3.17 bits per heavy atom. The van der Waals surface area contributed by atoms with E-state index in [0.717, 1.165) is 24.2 Å². The molecule has 0 unspecified atom stereocenters. The van der Waals surface area contributed by atoms with Crippen molar-refractivity contribution in [2.24, 2.45) is 5.92 Å². The second kappa shape index (κ2) is 6.32. The van der Waals surface area contributed by atoms with E-state index in [9.17, 15) is 4.79 Å². The number of ether oxygens (including phenoxy) is 1. The summed E-state index contributed by atoms with van der Waals surface area (Å²) in [5, 5.41) is 7.13. The van der Waals surface area contributed by atoms with Gasteiger partial charge < -0.3 is 9.64 Å². The summed E-state index contributed by atoms with van der Waals surface area (Å²) in [6.45, 7) is 3.71. The van der Waals surface area contributed by atoms with Crippen LogP contribution in [0.3, 0.4) is 0 Å². The van der Waals surface area contributed by atoms with E-state index >= 15 is 0 Å². The van der Waals surface area contributed by atoms with Gasteiger partial charge in [-0.3, -0.25) is 14.9 Å². The van der Waals surface area contributed by atoms with E-state index in [1.54, 1.807) is 6.20 Å². The number of H-pyrrole nitrogens is 1. The Hall–Kier alpha value is -2.28. The van der Waals surface area contributed by atoms with Crippen molar-refractivity contribution in [3.63, 3.8) is 0 Å². The molecule has 7 nitrogen and oxygen atoms in total. The Balaban J connectivity index is 1.40. The molecule has 1 saturated heterocycles. The van der Waals surface area contributed by atoms with Gasteiger partial charge in [-0.25, -0.2) is 4.98 Å². The molecule has 1 aliphatic heterocycles. The third-order valence-electron chi connectivity index (χ3n) is 4.77. The molecule has 0 spiro atoms. The van der Waals surface area contributed by atoms with Gasteiger partial charge in [0.25, 0.3) is 0 Å². The van der Waals surface area contributed by atoms with Crippen molar-refractivity contribution in [2.75, 3.05) is 19.7 Å². The predicted molar refractivity (Wildman–Crippen MR) is 86.1 cm³/mol. The third-order valence-corrected chi connectivity index (χ3v) is 4.77. The predicted octanol–water partition coefficient (Wildman–Crippen LogP) is 1.47. The van der Waals surface area contributed by atoms with Gasteiger partial charge in [-0.1, -0.05) is 13.0 Å². The minimum atomic E-state index is -0.241. The van der Waals surface area contributed by atoms with Gasteiger partial charge in [0.05, 0.1) is 13.2 Å². The number of carbonyl (C=O) groups excluding carboxylic acids is 1. The highest BCUT2D eigenvalue weighted by atomic mass is 16.5. The van der Waals surface area contributed by atoms with E-state index < -0.39 is 0 Å². The molecule has 2 fully saturated rings. The maximum atomic E-state index is 12.8. The summed E-state index contributed by atoms with van der Waals surface area (Å²) < 4.78 is 5.76. The Kier molecular flexibility index (Phi) is 4.02. The molecule has 1 N–H and O–H groups in total. The van der Waals surface area contributed by atoms with Crippen LogP contribution in [0.4, 0.5) is 0 Å². The van der Waals surface area contributed by atoms with E-state index in [2.05, 4.69) is 20.2 Å². The SMILES string of the molecule is CCc1nc([C@@H]2CN(C(=O)[C@@H]3C[C@@H]3c3cccnc3)CCO2)n[nH]1. The van der Waals surface area contributed by atoms with Crippen LogP contribution >= 0.6 is 0 Å². The lowest BCUT2D eigenvalue weighted by atomic mass is 10.1. The number of nitrogens with zero attached hydrogens (tertiary/aromatic N) is 4. The molecule has 2 aromatic heterocycles. The van der Waals surface area contributed by atoms with E-state index in [4.69, 9.17) is 4.74 Å². The van der Waals surface area contributed by atoms with Crippen LogP contribution in [0, 0.1) is 5.92 Å². The van der Waals surface area contributed by atoms with Crippen molar-refractivity contribution in [3.8, 4) is 0 Å². The van der Waals surface area contributed by atoms with Crippen LogP contribution in [-0.2, 0) is 16.0 Å². The number of hydrogen-bond acceptors (Lipinski definition) is 5. The Morgan fingerprint density at radius 2 is 2.42 bits per heavy atom. The van der Waals surface area contributed by atoms with Crippen molar-refractivity contribution in [3.05, 3.63) is 41.7 Å². The summed E-state index contributed by atoms with van der Waals surface area (Å²) in [6.07, 6.45) is 5.09. The molecular weight excluding hydrogens is 306 g/mol. The number of aryl methyl sites for hydroxylation is 1. The van der Waals surface area contributed by atoms with E-state index in [1.165, 1.54) is 0 Å². The fraction of sp³-hybridized carbons (Fsp3) is 0.529. The van der Waals surface area contributed by atoms with Crippen LogP contribution < -0.4 is 0 Å². The normalized spacial score (nSPS) is 26.4. The number of aromatic amines is 1. The molecule has 1 saturated carbocycles. The van der Waals surface area contributed by atoms with Crippen molar-refractivity contribution >= 4 is 5.91 Å². The zero-order valence-corrected chi connectivity index (χ0v) is 13.7. The highest BCUT2D eigenvalue weighted by Crippen LogP contribution is 2.48. The van der Waals surface area contributed by atoms with Crippen LogP contribution in [0.15, 0.2) is 24.5 Å². The van der Waals surface area contributed by atoms with Crippen molar-refractivity contribution in [1.82, 2.24) is 25.1 Å². The molecule has 0 radical (unpaired) electrons. The number of rotatable bonds is 4. The van der Waals surface area contributed by atoms with E-state index in [1.807, 2.05) is 30.2 Å². The monoisotopic (exact) mass is 327 g/mol. The summed E-state index contributed by atoms with van der Waals surface area (Å²) in [4.78, 5) is 23.3. The summed E-state index contributed by atoms with van der Waals surface area (Å²) >= 11 is 0. The zero-order valence-electron chi connectivity index (χ0n) is 13.7. The number of nitrogens with one attached hydrogen (secondary N) is 1. The fourth-order valence-electron chi connectivity index (χ4n) is 3.28. The molecule has 0 aromatic carbocycles. The zero-order chi connectivity index (χ0) is 16.5. The molecule has 7 heteroatoms. The first-order valence-electron chi connectivity index (χ1n) is 8.47. The molecule has 3 atom stereocenters. The number of aromatic nitrogens is 4. The van der Waals surface area contributed by atoms with Crippen molar-refractivity contribution in [2.45, 2.75) is 31.8 Å². The first-order chi connectivity index (χ1) is 11.8. The lowest BCUT2D eigenvalue weighted by molar-refractivity contribution is -0.140. The molecule has 126 valence electrons. The number of carbonyl (C=O) groups is 1. The topological polar surface area (TPSA) is 84.0 Å². The quantitative estimate of drug-likeness (QED) is 0.919. The molecule has 24 heavy (non-hydrogen) atoms. The summed E-state index contributed by atoms with van der Waals surface area (Å²) in [7, 11) is 0. The van der Waals surface area contributed by atoms with Gasteiger partial charge in [0.1, 0.15) is 11.9 Å². The van der Waals surface area contributed by atoms with Crippen LogP contribution in [-0.4, -0.2) is 50.7 Å². The van der Waals surface area contributed by atoms with E-state index in [0.29, 0.717) is 31.4 Å². The standard InChI is InChI=1S/C17H21N5O2/c1-2-15-19-16(21-20-15)14-10-22(6-7-24-14)17(23)13-8-12(13)11-4-3-5-18-9-11/h3-5,9,12-14H,2,6-8,10H2,1H3,(H,19,20,21)/t12-,13-,14+/m1/s1. The molecule has 4 rings (SSSR count). The second-order valence-corrected chi connectivity index (χ2v) is 6.37. The lowest BCUT2D eigenvalue weighted by Gasteiger charge is -2.31. The Bertz CT molecular complexity index is 717. The van der Waals surface area contributed by atoms with Crippen molar-refractivity contribution in [1.29, 1.82) is 0 Å². The summed E-state index contributed by atoms with van der Waals surface area (Å²) in [6, 6.07) is 3.97. The Labute approximate surface area is 140 Å². The van der Waals surface area contributed by atoms with Gasteiger partial charge in [-0.05, 0) is 24.0 Å². The lowest BCUT2D eigenvalue weighted by Crippen LogP contribution is -2.43. The molecule has 2 aliphatic rings. The number of hydrogen-bond donors (Lipinski definition) is 1. The van der Waals surface area contributed by atoms with Gasteiger partial charge in [0, 0.05) is 31.3 Å². The maximum Gasteiger partial charge on any atom is 0.226 e. The first-order valence-corrected chi connectivity index (χ1v) is 8.47. The van der Waals surface area contributed by atoms with Crippen LogP contribution in [0.1, 0.15) is 42.6 Å². The molecule has 1 amide bonds. The molecule has 3 heterocycles. The van der Waals surface area contributed by atoms with Gasteiger partial charge in [0.15, 0.2) is 5.82 Å². The van der Waals surface area contributed by atoms with Gasteiger partial charge in [-0.15, -0.1) is 0 Å². The van der Waals surface area contributed by atoms with Crippen LogP contribution in [0.25, 0.3) is 0 Å². The summed E-state index contributed by atoms with van der Waals surface area (Å²) in [5.41, 5.74) is 1.15. The number of amides is 1. The largest absolute Gasteiger partial charge is 0.366 e. The average molecular weight is 327 g/mol.